The third-order valence-corrected chi connectivity index (χ3v) is 6.41. The van der Waals surface area contributed by atoms with E-state index in [1.807, 2.05) is 13.0 Å². The molecule has 1 aliphatic rings. The van der Waals surface area contributed by atoms with Crippen molar-refractivity contribution in [3.05, 3.63) is 42.2 Å². The van der Waals surface area contributed by atoms with Crippen molar-refractivity contribution in [1.29, 1.82) is 0 Å². The van der Waals surface area contributed by atoms with Gasteiger partial charge in [-0.2, -0.15) is 0 Å². The van der Waals surface area contributed by atoms with Crippen LogP contribution < -0.4 is 15.4 Å². The van der Waals surface area contributed by atoms with Crippen molar-refractivity contribution >= 4 is 39.1 Å². The Bertz CT molecular complexity index is 916. The number of amides is 1. The fourth-order valence-corrected chi connectivity index (χ4v) is 4.50. The molecule has 26 heavy (non-hydrogen) atoms. The van der Waals surface area contributed by atoms with Gasteiger partial charge in [-0.15, -0.1) is 11.8 Å². The molecule has 2 heterocycles. The smallest absolute Gasteiger partial charge is 0.240 e. The van der Waals surface area contributed by atoms with Gasteiger partial charge < -0.3 is 10.6 Å². The van der Waals surface area contributed by atoms with E-state index in [-0.39, 0.29) is 17.3 Å². The van der Waals surface area contributed by atoms with Crippen LogP contribution in [0.4, 0.5) is 11.4 Å². The van der Waals surface area contributed by atoms with Gasteiger partial charge in [-0.25, -0.2) is 13.1 Å². The molecule has 3 rings (SSSR count). The molecule has 7 nitrogen and oxygen atoms in total. The van der Waals surface area contributed by atoms with Crippen LogP contribution in [0.5, 0.6) is 0 Å². The first kappa shape index (κ1) is 18.7. The number of anilines is 2. The van der Waals surface area contributed by atoms with E-state index in [4.69, 9.17) is 0 Å². The van der Waals surface area contributed by atoms with Gasteiger partial charge in [-0.3, -0.25) is 9.78 Å². The summed E-state index contributed by atoms with van der Waals surface area (Å²) in [5.41, 5.74) is 2.46. The number of rotatable bonds is 6. The van der Waals surface area contributed by atoms with Crippen LogP contribution in [0.15, 0.2) is 46.5 Å². The van der Waals surface area contributed by atoms with E-state index in [2.05, 4.69) is 20.3 Å². The zero-order valence-corrected chi connectivity index (χ0v) is 15.9. The number of hydrogen-bond acceptors (Lipinski definition) is 6. The number of nitrogens with zero attached hydrogens (tertiary/aromatic N) is 1. The molecule has 1 amide bonds. The zero-order chi connectivity index (χ0) is 18.6. The van der Waals surface area contributed by atoms with Gasteiger partial charge in [-0.1, -0.05) is 0 Å². The molecule has 0 fully saturated rings. The normalized spacial score (nSPS) is 14.3. The molecule has 0 radical (unpaired) electrons. The van der Waals surface area contributed by atoms with E-state index in [0.29, 0.717) is 24.4 Å². The van der Waals surface area contributed by atoms with Gasteiger partial charge in [0.2, 0.25) is 15.9 Å². The minimum absolute atomic E-state index is 0.101. The number of pyridine rings is 1. The number of aryl methyl sites for hydroxylation is 1. The molecular formula is C17H20N4O3S2. The van der Waals surface area contributed by atoms with E-state index in [9.17, 15) is 13.2 Å². The maximum atomic E-state index is 12.5. The fourth-order valence-electron chi connectivity index (χ4n) is 2.50. The highest BCUT2D eigenvalue weighted by molar-refractivity contribution is 7.99. The molecule has 9 heteroatoms. The minimum Gasteiger partial charge on any atom is -0.383 e. The number of benzene rings is 1. The van der Waals surface area contributed by atoms with E-state index in [0.717, 1.165) is 16.1 Å². The molecule has 0 atom stereocenters. The number of hydrogen-bond donors (Lipinski definition) is 3. The highest BCUT2D eigenvalue weighted by Gasteiger charge is 2.19. The number of nitrogens with one attached hydrogen (secondary N) is 3. The summed E-state index contributed by atoms with van der Waals surface area (Å²) in [6, 6.07) is 6.65. The van der Waals surface area contributed by atoms with Crippen molar-refractivity contribution in [3.63, 3.8) is 0 Å². The van der Waals surface area contributed by atoms with Crippen molar-refractivity contribution in [3.8, 4) is 0 Å². The maximum absolute atomic E-state index is 12.5. The third-order valence-electron chi connectivity index (χ3n) is 3.87. The van der Waals surface area contributed by atoms with Crippen molar-refractivity contribution < 1.29 is 13.2 Å². The Kier molecular flexibility index (Phi) is 5.80. The van der Waals surface area contributed by atoms with Crippen LogP contribution >= 0.6 is 11.8 Å². The SMILES string of the molecule is Cc1cnccc1NCCNS(=O)(=O)c1ccc2c(c1)NC(=O)CCS2. The molecule has 2 aromatic rings. The van der Waals surface area contributed by atoms with Gasteiger partial charge in [-0.05, 0) is 36.8 Å². The fraction of sp³-hybridized carbons (Fsp3) is 0.294. The molecule has 0 saturated heterocycles. The quantitative estimate of drug-likeness (QED) is 0.652. The molecule has 3 N–H and O–H groups in total. The molecule has 138 valence electrons. The summed E-state index contributed by atoms with van der Waals surface area (Å²) in [4.78, 5) is 16.7. The number of carbonyl (C=O) groups excluding carboxylic acids is 1. The summed E-state index contributed by atoms with van der Waals surface area (Å²) in [6.07, 6.45) is 3.84. The van der Waals surface area contributed by atoms with Gasteiger partial charge in [0.15, 0.2) is 0 Å². The molecule has 1 aromatic carbocycles. The second kappa shape index (κ2) is 8.07. The Morgan fingerprint density at radius 2 is 2.12 bits per heavy atom. The molecule has 0 aliphatic carbocycles. The molecule has 0 unspecified atom stereocenters. The van der Waals surface area contributed by atoms with Crippen LogP contribution in [0.2, 0.25) is 0 Å². The lowest BCUT2D eigenvalue weighted by Crippen LogP contribution is -2.29. The lowest BCUT2D eigenvalue weighted by atomic mass is 10.2. The highest BCUT2D eigenvalue weighted by atomic mass is 32.2. The van der Waals surface area contributed by atoms with Crippen LogP contribution in [0, 0.1) is 6.92 Å². The van der Waals surface area contributed by atoms with Crippen molar-refractivity contribution in [2.24, 2.45) is 0 Å². The number of fused-ring (bicyclic) bond motifs is 1. The second-order valence-corrected chi connectivity index (χ2v) is 8.72. The molecular weight excluding hydrogens is 372 g/mol. The first-order valence-corrected chi connectivity index (χ1v) is 10.6. The van der Waals surface area contributed by atoms with Crippen LogP contribution in [0.25, 0.3) is 0 Å². The molecule has 1 aliphatic heterocycles. The summed E-state index contributed by atoms with van der Waals surface area (Å²) in [5, 5.41) is 5.93. The van der Waals surface area contributed by atoms with Crippen LogP contribution in [-0.2, 0) is 14.8 Å². The summed E-state index contributed by atoms with van der Waals surface area (Å²) in [7, 11) is -3.65. The highest BCUT2D eigenvalue weighted by Crippen LogP contribution is 2.32. The Morgan fingerprint density at radius 3 is 2.92 bits per heavy atom. The maximum Gasteiger partial charge on any atom is 0.240 e. The summed E-state index contributed by atoms with van der Waals surface area (Å²) < 4.78 is 27.6. The van der Waals surface area contributed by atoms with Crippen molar-refractivity contribution in [2.45, 2.75) is 23.1 Å². The summed E-state index contributed by atoms with van der Waals surface area (Å²) in [5.74, 6) is 0.583. The lowest BCUT2D eigenvalue weighted by molar-refractivity contribution is -0.115. The Labute approximate surface area is 157 Å². The topological polar surface area (TPSA) is 100 Å². The third kappa shape index (κ3) is 4.54. The van der Waals surface area contributed by atoms with Gasteiger partial charge in [0, 0.05) is 48.2 Å². The number of aromatic nitrogens is 1. The monoisotopic (exact) mass is 392 g/mol. The molecule has 0 bridgehead atoms. The molecule has 0 saturated carbocycles. The standard InChI is InChI=1S/C17H20N4O3S2/c1-12-11-18-6-4-14(12)19-7-8-20-26(23,24)13-2-3-16-15(10-13)21-17(22)5-9-25-16/h2-4,6,10-11,20H,5,7-9H2,1H3,(H,18,19)(H,21,22). The van der Waals surface area contributed by atoms with Crippen LogP contribution in [0.3, 0.4) is 0 Å². The predicted octanol–water partition coefficient (Wildman–Crippen LogP) is 2.21. The van der Waals surface area contributed by atoms with Gasteiger partial charge >= 0.3 is 0 Å². The summed E-state index contributed by atoms with van der Waals surface area (Å²) in [6.45, 7) is 2.62. The number of carbonyl (C=O) groups is 1. The Balaban J connectivity index is 1.63. The van der Waals surface area contributed by atoms with E-state index >= 15 is 0 Å². The lowest BCUT2D eigenvalue weighted by Gasteiger charge is -2.12. The molecule has 1 aromatic heterocycles. The second-order valence-electron chi connectivity index (χ2n) is 5.82. The van der Waals surface area contributed by atoms with Gasteiger partial charge in [0.05, 0.1) is 10.6 Å². The zero-order valence-electron chi connectivity index (χ0n) is 14.3. The average molecular weight is 393 g/mol. The minimum atomic E-state index is -3.65. The van der Waals surface area contributed by atoms with Gasteiger partial charge in [0.25, 0.3) is 0 Å². The molecule has 0 spiro atoms. The average Bonchev–Trinajstić information content (AvgIpc) is 2.80. The van der Waals surface area contributed by atoms with E-state index in [1.54, 1.807) is 24.5 Å². The number of sulfonamides is 1. The van der Waals surface area contributed by atoms with E-state index < -0.39 is 10.0 Å². The first-order valence-electron chi connectivity index (χ1n) is 8.16. The first-order chi connectivity index (χ1) is 12.5. The number of thioether (sulfide) groups is 1. The van der Waals surface area contributed by atoms with Crippen molar-refractivity contribution in [1.82, 2.24) is 9.71 Å². The van der Waals surface area contributed by atoms with E-state index in [1.165, 1.54) is 17.8 Å². The van der Waals surface area contributed by atoms with Gasteiger partial charge in [0.1, 0.15) is 0 Å². The van der Waals surface area contributed by atoms with Crippen molar-refractivity contribution in [2.75, 3.05) is 29.5 Å². The van der Waals surface area contributed by atoms with Crippen LogP contribution in [0.1, 0.15) is 12.0 Å². The van der Waals surface area contributed by atoms with Crippen LogP contribution in [-0.4, -0.2) is 38.2 Å². The summed E-state index contributed by atoms with van der Waals surface area (Å²) >= 11 is 1.54. The predicted molar refractivity (Wildman–Crippen MR) is 103 cm³/mol. The Morgan fingerprint density at radius 1 is 1.27 bits per heavy atom. The Hall–Kier alpha value is -2.10. The largest absolute Gasteiger partial charge is 0.383 e.